The van der Waals surface area contributed by atoms with Crippen LogP contribution in [0, 0.1) is 5.92 Å². The Balaban J connectivity index is 2.61. The van der Waals surface area contributed by atoms with Gasteiger partial charge in [0.15, 0.2) is 0 Å². The third kappa shape index (κ3) is 4.51. The van der Waals surface area contributed by atoms with E-state index in [0.29, 0.717) is 26.2 Å². The van der Waals surface area contributed by atoms with Gasteiger partial charge in [0.25, 0.3) is 0 Å². The van der Waals surface area contributed by atoms with Gasteiger partial charge in [0.1, 0.15) is 6.54 Å². The number of amides is 2. The molecule has 0 aromatic carbocycles. The predicted molar refractivity (Wildman–Crippen MR) is 73.9 cm³/mol. The Hall–Kier alpha value is -1.59. The zero-order valence-electron chi connectivity index (χ0n) is 12.6. The van der Waals surface area contributed by atoms with Crippen molar-refractivity contribution < 1.29 is 19.1 Å². The van der Waals surface area contributed by atoms with Crippen molar-refractivity contribution >= 4 is 17.8 Å². The normalized spacial score (nSPS) is 18.6. The molecule has 1 saturated heterocycles. The number of carbonyl (C=O) groups excluding carboxylic acids is 3. The fourth-order valence-corrected chi connectivity index (χ4v) is 2.43. The summed E-state index contributed by atoms with van der Waals surface area (Å²) in [7, 11) is 0. The van der Waals surface area contributed by atoms with Gasteiger partial charge in [-0.1, -0.05) is 0 Å². The SMILES string of the molecule is CCOC(=O)CN(CC)C(=O)C1CCCN(C(C)=O)C1. The number of likely N-dealkylation sites (N-methyl/N-ethyl adjacent to an activating group) is 1. The molecule has 1 fully saturated rings. The molecular formula is C14H24N2O4. The van der Waals surface area contributed by atoms with E-state index in [-0.39, 0.29) is 30.2 Å². The van der Waals surface area contributed by atoms with Crippen LogP contribution in [0.25, 0.3) is 0 Å². The third-order valence-corrected chi connectivity index (χ3v) is 3.53. The molecule has 1 unspecified atom stereocenters. The van der Waals surface area contributed by atoms with Gasteiger partial charge in [0.05, 0.1) is 12.5 Å². The Labute approximate surface area is 120 Å². The van der Waals surface area contributed by atoms with Crippen LogP contribution in [0.2, 0.25) is 0 Å². The maximum atomic E-state index is 12.4. The molecule has 20 heavy (non-hydrogen) atoms. The van der Waals surface area contributed by atoms with Gasteiger partial charge >= 0.3 is 5.97 Å². The van der Waals surface area contributed by atoms with Crippen molar-refractivity contribution in [3.8, 4) is 0 Å². The molecule has 1 atom stereocenters. The monoisotopic (exact) mass is 284 g/mol. The predicted octanol–water partition coefficient (Wildman–Crippen LogP) is 0.656. The van der Waals surface area contributed by atoms with E-state index >= 15 is 0 Å². The molecule has 0 bridgehead atoms. The number of piperidine rings is 1. The van der Waals surface area contributed by atoms with Crippen molar-refractivity contribution in [2.75, 3.05) is 32.8 Å². The third-order valence-electron chi connectivity index (χ3n) is 3.53. The Morgan fingerprint density at radius 3 is 2.55 bits per heavy atom. The van der Waals surface area contributed by atoms with E-state index in [1.54, 1.807) is 11.8 Å². The van der Waals surface area contributed by atoms with Gasteiger partial charge in [-0.25, -0.2) is 0 Å². The summed E-state index contributed by atoms with van der Waals surface area (Å²) in [4.78, 5) is 38.5. The zero-order valence-corrected chi connectivity index (χ0v) is 12.6. The molecule has 114 valence electrons. The second-order valence-corrected chi connectivity index (χ2v) is 4.96. The highest BCUT2D eigenvalue weighted by Crippen LogP contribution is 2.19. The number of rotatable bonds is 5. The van der Waals surface area contributed by atoms with E-state index in [4.69, 9.17) is 4.74 Å². The van der Waals surface area contributed by atoms with Crippen LogP contribution >= 0.6 is 0 Å². The molecule has 1 heterocycles. The van der Waals surface area contributed by atoms with Crippen molar-refractivity contribution in [3.05, 3.63) is 0 Å². The van der Waals surface area contributed by atoms with Gasteiger partial charge in [-0.2, -0.15) is 0 Å². The van der Waals surface area contributed by atoms with Crippen molar-refractivity contribution in [1.29, 1.82) is 0 Å². The lowest BCUT2D eigenvalue weighted by atomic mass is 9.96. The summed E-state index contributed by atoms with van der Waals surface area (Å²) in [5.74, 6) is -0.661. The summed E-state index contributed by atoms with van der Waals surface area (Å²) in [5.41, 5.74) is 0. The second kappa shape index (κ2) is 7.87. The molecule has 0 aromatic heterocycles. The van der Waals surface area contributed by atoms with Crippen molar-refractivity contribution in [2.24, 2.45) is 5.92 Å². The molecule has 6 nitrogen and oxygen atoms in total. The first-order valence-electron chi connectivity index (χ1n) is 7.19. The van der Waals surface area contributed by atoms with Gasteiger partial charge in [-0.3, -0.25) is 14.4 Å². The van der Waals surface area contributed by atoms with Gasteiger partial charge in [-0.05, 0) is 26.7 Å². The van der Waals surface area contributed by atoms with Crippen LogP contribution < -0.4 is 0 Å². The van der Waals surface area contributed by atoms with Gasteiger partial charge in [0, 0.05) is 26.6 Å². The number of esters is 1. The number of likely N-dealkylation sites (tertiary alicyclic amines) is 1. The van der Waals surface area contributed by atoms with Crippen LogP contribution in [0.15, 0.2) is 0 Å². The Bertz CT molecular complexity index is 370. The summed E-state index contributed by atoms with van der Waals surface area (Å²) < 4.78 is 4.87. The molecule has 2 amide bonds. The Kier molecular flexibility index (Phi) is 6.48. The fourth-order valence-electron chi connectivity index (χ4n) is 2.43. The first-order valence-corrected chi connectivity index (χ1v) is 7.19. The van der Waals surface area contributed by atoms with Gasteiger partial charge in [-0.15, -0.1) is 0 Å². The van der Waals surface area contributed by atoms with Crippen LogP contribution in [0.1, 0.15) is 33.6 Å². The van der Waals surface area contributed by atoms with Crippen molar-refractivity contribution in [2.45, 2.75) is 33.6 Å². The lowest BCUT2D eigenvalue weighted by Gasteiger charge is -2.34. The highest BCUT2D eigenvalue weighted by Gasteiger charge is 2.30. The molecule has 0 saturated carbocycles. The van der Waals surface area contributed by atoms with E-state index in [1.807, 2.05) is 6.92 Å². The lowest BCUT2D eigenvalue weighted by molar-refractivity contribution is -0.151. The first kappa shape index (κ1) is 16.5. The number of nitrogens with zero attached hydrogens (tertiary/aromatic N) is 2. The topological polar surface area (TPSA) is 66.9 Å². The maximum Gasteiger partial charge on any atom is 0.325 e. The number of hydrogen-bond acceptors (Lipinski definition) is 4. The van der Waals surface area contributed by atoms with E-state index < -0.39 is 0 Å². The Morgan fingerprint density at radius 1 is 1.30 bits per heavy atom. The van der Waals surface area contributed by atoms with E-state index in [1.165, 1.54) is 11.8 Å². The summed E-state index contributed by atoms with van der Waals surface area (Å²) in [6, 6.07) is 0. The minimum Gasteiger partial charge on any atom is -0.465 e. The fraction of sp³-hybridized carbons (Fsp3) is 0.786. The number of ether oxygens (including phenoxy) is 1. The molecule has 0 aliphatic carbocycles. The van der Waals surface area contributed by atoms with Crippen LogP contribution in [0.5, 0.6) is 0 Å². The van der Waals surface area contributed by atoms with E-state index in [0.717, 1.165) is 12.8 Å². The molecule has 0 spiro atoms. The highest BCUT2D eigenvalue weighted by molar-refractivity contribution is 5.84. The van der Waals surface area contributed by atoms with Crippen LogP contribution in [-0.2, 0) is 19.1 Å². The van der Waals surface area contributed by atoms with Gasteiger partial charge in [0.2, 0.25) is 11.8 Å². The zero-order chi connectivity index (χ0) is 15.1. The van der Waals surface area contributed by atoms with E-state index in [2.05, 4.69) is 0 Å². The maximum absolute atomic E-state index is 12.4. The lowest BCUT2D eigenvalue weighted by Crippen LogP contribution is -2.47. The minimum atomic E-state index is -0.387. The van der Waals surface area contributed by atoms with Crippen LogP contribution in [0.3, 0.4) is 0 Å². The number of carbonyl (C=O) groups is 3. The average molecular weight is 284 g/mol. The summed E-state index contributed by atoms with van der Waals surface area (Å²) >= 11 is 0. The molecular weight excluding hydrogens is 260 g/mol. The van der Waals surface area contributed by atoms with Crippen molar-refractivity contribution in [1.82, 2.24) is 9.80 Å². The largest absolute Gasteiger partial charge is 0.465 e. The molecule has 6 heteroatoms. The van der Waals surface area contributed by atoms with E-state index in [9.17, 15) is 14.4 Å². The van der Waals surface area contributed by atoms with Crippen molar-refractivity contribution in [3.63, 3.8) is 0 Å². The quantitative estimate of drug-likeness (QED) is 0.695. The van der Waals surface area contributed by atoms with Crippen LogP contribution in [-0.4, -0.2) is 60.4 Å². The second-order valence-electron chi connectivity index (χ2n) is 4.96. The number of hydrogen-bond donors (Lipinski definition) is 0. The molecule has 1 aliphatic heterocycles. The summed E-state index contributed by atoms with van der Waals surface area (Å²) in [6.45, 7) is 7.02. The van der Waals surface area contributed by atoms with Crippen LogP contribution in [0.4, 0.5) is 0 Å². The minimum absolute atomic E-state index is 0.00376. The summed E-state index contributed by atoms with van der Waals surface area (Å²) in [6.07, 6.45) is 1.59. The standard InChI is InChI=1S/C14H24N2O4/c1-4-15(10-13(18)20-5-2)14(19)12-7-6-8-16(9-12)11(3)17/h12H,4-10H2,1-3H3. The molecule has 1 aliphatic rings. The van der Waals surface area contributed by atoms with Gasteiger partial charge < -0.3 is 14.5 Å². The average Bonchev–Trinajstić information content (AvgIpc) is 2.44. The smallest absolute Gasteiger partial charge is 0.325 e. The highest BCUT2D eigenvalue weighted by atomic mass is 16.5. The molecule has 0 N–H and O–H groups in total. The first-order chi connectivity index (χ1) is 9.49. The molecule has 0 aromatic rings. The molecule has 1 rings (SSSR count). The Morgan fingerprint density at radius 2 is 2.00 bits per heavy atom. The summed E-state index contributed by atoms with van der Waals surface area (Å²) in [5, 5.41) is 0. The molecule has 0 radical (unpaired) electrons.